The molecule has 160 valence electrons. The minimum absolute atomic E-state index is 0.0460. The van der Waals surface area contributed by atoms with Gasteiger partial charge in [-0.25, -0.2) is 8.78 Å². The minimum atomic E-state index is -1.80. The number of carbonyl (C=O) groups is 2. The molecule has 9 heteroatoms. The number of nitrogens with one attached hydrogen (secondary N) is 2. The summed E-state index contributed by atoms with van der Waals surface area (Å²) >= 11 is 0. The number of benzene rings is 2. The zero-order valence-corrected chi connectivity index (χ0v) is 16.8. The normalized spacial score (nSPS) is 12.9. The van der Waals surface area contributed by atoms with Crippen LogP contribution in [-0.2, 0) is 11.2 Å². The first kappa shape index (κ1) is 23.5. The molecule has 0 aliphatic rings. The fourth-order valence-corrected chi connectivity index (χ4v) is 3.05. The van der Waals surface area contributed by atoms with Crippen molar-refractivity contribution in [3.05, 3.63) is 71.3 Å². The van der Waals surface area contributed by atoms with Gasteiger partial charge in [-0.2, -0.15) is 0 Å². The molecular weight excluding hydrogens is 393 g/mol. The number of carbonyl (C=O) groups excluding carboxylic acids is 2. The average molecular weight is 418 g/mol. The van der Waals surface area contributed by atoms with E-state index in [1.54, 1.807) is 30.3 Å². The number of hydrogen-bond donors (Lipinski definition) is 4. The lowest BCUT2D eigenvalue weighted by atomic mass is 9.75. The molecule has 0 aromatic heterocycles. The molecule has 2 atom stereocenters. The fraction of sp³-hybridized carbons (Fsp3) is 0.333. The maximum Gasteiger partial charge on any atom is 0.475 e. The maximum absolute atomic E-state index is 14.0. The van der Waals surface area contributed by atoms with E-state index in [1.807, 2.05) is 13.8 Å². The summed E-state index contributed by atoms with van der Waals surface area (Å²) < 4.78 is 27.9. The number of rotatable bonds is 9. The molecule has 30 heavy (non-hydrogen) atoms. The quantitative estimate of drug-likeness (QED) is 0.468. The molecule has 0 aliphatic heterocycles. The van der Waals surface area contributed by atoms with E-state index in [0.717, 1.165) is 18.2 Å². The van der Waals surface area contributed by atoms with Crippen LogP contribution in [0.2, 0.25) is 0 Å². The van der Waals surface area contributed by atoms with Crippen LogP contribution in [0.1, 0.15) is 36.2 Å². The molecule has 0 fully saturated rings. The van der Waals surface area contributed by atoms with Crippen molar-refractivity contribution < 1.29 is 28.4 Å². The lowest BCUT2D eigenvalue weighted by molar-refractivity contribution is -0.123. The van der Waals surface area contributed by atoms with E-state index in [1.165, 1.54) is 0 Å². The molecule has 2 aromatic rings. The first-order valence-corrected chi connectivity index (χ1v) is 9.64. The molecule has 0 saturated heterocycles. The highest BCUT2D eigenvalue weighted by molar-refractivity contribution is 6.43. The molecule has 2 rings (SSSR count). The average Bonchev–Trinajstić information content (AvgIpc) is 2.67. The van der Waals surface area contributed by atoms with Gasteiger partial charge in [0.15, 0.2) is 0 Å². The van der Waals surface area contributed by atoms with Gasteiger partial charge in [0.05, 0.1) is 5.94 Å². The SMILES string of the molecule is CC(C)C[C@H](NC(=O)[C@H](Cc1ccccc1)NC(=O)c1c(F)cccc1F)B(O)O. The van der Waals surface area contributed by atoms with Crippen LogP contribution in [0.4, 0.5) is 8.78 Å². The lowest BCUT2D eigenvalue weighted by Crippen LogP contribution is -2.55. The summed E-state index contributed by atoms with van der Waals surface area (Å²) in [6.45, 7) is 3.71. The van der Waals surface area contributed by atoms with Crippen LogP contribution in [-0.4, -0.2) is 41.0 Å². The van der Waals surface area contributed by atoms with Crippen molar-refractivity contribution in [1.82, 2.24) is 10.6 Å². The lowest BCUT2D eigenvalue weighted by Gasteiger charge is -2.24. The topological polar surface area (TPSA) is 98.7 Å². The van der Waals surface area contributed by atoms with Crippen LogP contribution in [0.3, 0.4) is 0 Å². The second kappa shape index (κ2) is 10.8. The van der Waals surface area contributed by atoms with E-state index in [4.69, 9.17) is 0 Å². The Balaban J connectivity index is 2.25. The second-order valence-corrected chi connectivity index (χ2v) is 7.47. The summed E-state index contributed by atoms with van der Waals surface area (Å²) in [7, 11) is -1.80. The van der Waals surface area contributed by atoms with Crippen molar-refractivity contribution >= 4 is 18.9 Å². The summed E-state index contributed by atoms with van der Waals surface area (Å²) in [6, 6.07) is 10.6. The van der Waals surface area contributed by atoms with Gasteiger partial charge in [0.2, 0.25) is 5.91 Å². The molecule has 0 heterocycles. The maximum atomic E-state index is 14.0. The molecule has 0 unspecified atom stereocenters. The summed E-state index contributed by atoms with van der Waals surface area (Å²) in [6.07, 6.45) is 0.335. The van der Waals surface area contributed by atoms with Gasteiger partial charge in [-0.15, -0.1) is 0 Å². The molecule has 2 amide bonds. The number of halogens is 2. The van der Waals surface area contributed by atoms with E-state index in [2.05, 4.69) is 10.6 Å². The highest BCUT2D eigenvalue weighted by Crippen LogP contribution is 2.13. The summed E-state index contributed by atoms with van der Waals surface area (Å²) in [4.78, 5) is 25.4. The molecule has 0 bridgehead atoms. The Labute approximate surface area is 174 Å². The second-order valence-electron chi connectivity index (χ2n) is 7.47. The van der Waals surface area contributed by atoms with Gasteiger partial charge in [0.25, 0.3) is 5.91 Å². The standard InChI is InChI=1S/C21H25BF2N2O4/c1-13(2)11-18(22(29)30)26-20(27)17(12-14-7-4-3-5-8-14)25-21(28)19-15(23)9-6-10-16(19)24/h3-10,13,17-18,29-30H,11-12H2,1-2H3,(H,25,28)(H,26,27)/t17-,18-/m0/s1. The van der Waals surface area contributed by atoms with Gasteiger partial charge in [0, 0.05) is 6.42 Å². The van der Waals surface area contributed by atoms with Gasteiger partial charge in [-0.05, 0) is 30.0 Å². The number of amides is 2. The van der Waals surface area contributed by atoms with Gasteiger partial charge < -0.3 is 20.7 Å². The molecule has 0 aliphatic carbocycles. The van der Waals surface area contributed by atoms with Crippen molar-refractivity contribution in [3.63, 3.8) is 0 Å². The summed E-state index contributed by atoms with van der Waals surface area (Å²) in [5.41, 5.74) is -0.0822. The van der Waals surface area contributed by atoms with Crippen LogP contribution in [0, 0.1) is 17.6 Å². The van der Waals surface area contributed by atoms with Crippen molar-refractivity contribution in [2.45, 2.75) is 38.7 Å². The monoisotopic (exact) mass is 418 g/mol. The zero-order chi connectivity index (χ0) is 22.3. The van der Waals surface area contributed by atoms with Crippen molar-refractivity contribution in [2.75, 3.05) is 0 Å². The van der Waals surface area contributed by atoms with E-state index in [-0.39, 0.29) is 18.8 Å². The third-order valence-corrected chi connectivity index (χ3v) is 4.51. The third-order valence-electron chi connectivity index (χ3n) is 4.51. The van der Waals surface area contributed by atoms with E-state index in [9.17, 15) is 28.4 Å². The van der Waals surface area contributed by atoms with Crippen molar-refractivity contribution in [3.8, 4) is 0 Å². The Morgan fingerprint density at radius 1 is 0.967 bits per heavy atom. The minimum Gasteiger partial charge on any atom is -0.426 e. The summed E-state index contributed by atoms with van der Waals surface area (Å²) in [5, 5.41) is 24.0. The van der Waals surface area contributed by atoms with E-state index in [0.29, 0.717) is 5.56 Å². The fourth-order valence-electron chi connectivity index (χ4n) is 3.05. The smallest absolute Gasteiger partial charge is 0.426 e. The first-order chi connectivity index (χ1) is 14.2. The molecule has 0 spiro atoms. The first-order valence-electron chi connectivity index (χ1n) is 9.64. The van der Waals surface area contributed by atoms with Crippen molar-refractivity contribution in [2.24, 2.45) is 5.92 Å². The molecule has 6 nitrogen and oxygen atoms in total. The van der Waals surface area contributed by atoms with Crippen LogP contribution in [0.5, 0.6) is 0 Å². The molecule has 0 saturated carbocycles. The van der Waals surface area contributed by atoms with Gasteiger partial charge in [0.1, 0.15) is 23.2 Å². The molecule has 4 N–H and O–H groups in total. The summed E-state index contributed by atoms with van der Waals surface area (Å²) in [5.74, 6) is -4.76. The van der Waals surface area contributed by atoms with Crippen molar-refractivity contribution in [1.29, 1.82) is 0 Å². The highest BCUT2D eigenvalue weighted by atomic mass is 19.1. The predicted octanol–water partition coefficient (Wildman–Crippen LogP) is 1.85. The third kappa shape index (κ3) is 6.64. The Kier molecular flexibility index (Phi) is 8.50. The largest absolute Gasteiger partial charge is 0.475 e. The van der Waals surface area contributed by atoms with Crippen LogP contribution >= 0.6 is 0 Å². The van der Waals surface area contributed by atoms with Crippen LogP contribution < -0.4 is 10.6 Å². The Morgan fingerprint density at radius 2 is 1.57 bits per heavy atom. The Bertz CT molecular complexity index is 845. The van der Waals surface area contributed by atoms with Gasteiger partial charge in [-0.3, -0.25) is 9.59 Å². The molecule has 0 radical (unpaired) electrons. The van der Waals surface area contributed by atoms with E-state index >= 15 is 0 Å². The molecule has 2 aromatic carbocycles. The Morgan fingerprint density at radius 3 is 2.10 bits per heavy atom. The number of hydrogen-bond acceptors (Lipinski definition) is 4. The van der Waals surface area contributed by atoms with Gasteiger partial charge in [-0.1, -0.05) is 50.2 Å². The predicted molar refractivity (Wildman–Crippen MR) is 109 cm³/mol. The van der Waals surface area contributed by atoms with E-state index < -0.39 is 48.1 Å². The highest BCUT2D eigenvalue weighted by Gasteiger charge is 2.31. The van der Waals surface area contributed by atoms with Crippen LogP contribution in [0.25, 0.3) is 0 Å². The van der Waals surface area contributed by atoms with Gasteiger partial charge >= 0.3 is 7.12 Å². The van der Waals surface area contributed by atoms with Crippen LogP contribution in [0.15, 0.2) is 48.5 Å². The zero-order valence-electron chi connectivity index (χ0n) is 16.8. The molecular formula is C21H25BF2N2O4. The Hall–Kier alpha value is -2.78.